The van der Waals surface area contributed by atoms with Crippen LogP contribution in [0, 0.1) is 6.92 Å². The first-order valence-electron chi connectivity index (χ1n) is 8.05. The average molecular weight is 361 g/mol. The number of hydrogen-bond donors (Lipinski definition) is 3. The molecule has 2 aromatic carbocycles. The highest BCUT2D eigenvalue weighted by molar-refractivity contribution is 7.92. The first kappa shape index (κ1) is 18.8. The molecule has 1 amide bonds. The van der Waals surface area contributed by atoms with E-state index in [0.29, 0.717) is 29.9 Å². The molecule has 7 heteroatoms. The van der Waals surface area contributed by atoms with Gasteiger partial charge >= 0.3 is 0 Å². The maximum atomic E-state index is 12.1. The average Bonchev–Trinajstić information content (AvgIpc) is 2.56. The second-order valence-electron chi connectivity index (χ2n) is 5.78. The number of aryl methyl sites for hydroxylation is 2. The molecule has 0 bridgehead atoms. The Kier molecular flexibility index (Phi) is 6.03. The second kappa shape index (κ2) is 8.02. The van der Waals surface area contributed by atoms with E-state index in [4.69, 9.17) is 5.73 Å². The van der Waals surface area contributed by atoms with Crippen molar-refractivity contribution in [2.45, 2.75) is 26.7 Å². The molecular formula is C18H23N3O3S. The van der Waals surface area contributed by atoms with Crippen LogP contribution < -0.4 is 15.8 Å². The summed E-state index contributed by atoms with van der Waals surface area (Å²) in [4.78, 5) is 12.1. The Morgan fingerprint density at radius 1 is 1.16 bits per heavy atom. The molecule has 2 rings (SSSR count). The van der Waals surface area contributed by atoms with Gasteiger partial charge in [0.15, 0.2) is 0 Å². The van der Waals surface area contributed by atoms with E-state index in [-0.39, 0.29) is 11.7 Å². The van der Waals surface area contributed by atoms with Crippen LogP contribution in [0.15, 0.2) is 42.5 Å². The number of nitrogens with one attached hydrogen (secondary N) is 2. The van der Waals surface area contributed by atoms with Gasteiger partial charge in [0.1, 0.15) is 0 Å². The van der Waals surface area contributed by atoms with Crippen LogP contribution in [0.1, 0.15) is 24.5 Å². The Labute approximate surface area is 148 Å². The summed E-state index contributed by atoms with van der Waals surface area (Å²) >= 11 is 0. The lowest BCUT2D eigenvalue weighted by molar-refractivity contribution is -0.116. The van der Waals surface area contributed by atoms with E-state index in [2.05, 4.69) is 10.0 Å². The van der Waals surface area contributed by atoms with Crippen molar-refractivity contribution in [2.75, 3.05) is 21.5 Å². The summed E-state index contributed by atoms with van der Waals surface area (Å²) in [6.45, 7) is 3.36. The minimum Gasteiger partial charge on any atom is -0.399 e. The van der Waals surface area contributed by atoms with Gasteiger partial charge in [-0.3, -0.25) is 9.52 Å². The van der Waals surface area contributed by atoms with Crippen LogP contribution in [0.5, 0.6) is 0 Å². The lowest BCUT2D eigenvalue weighted by Gasteiger charge is -2.12. The topological polar surface area (TPSA) is 101 Å². The number of carbonyl (C=O) groups excluding carboxylic acids is 1. The van der Waals surface area contributed by atoms with E-state index >= 15 is 0 Å². The quantitative estimate of drug-likeness (QED) is 0.660. The number of anilines is 3. The molecule has 0 aliphatic heterocycles. The molecule has 0 aliphatic carbocycles. The van der Waals surface area contributed by atoms with Gasteiger partial charge in [-0.1, -0.05) is 18.2 Å². The number of benzene rings is 2. The zero-order valence-corrected chi connectivity index (χ0v) is 15.2. The third-order valence-electron chi connectivity index (χ3n) is 3.83. The van der Waals surface area contributed by atoms with Crippen LogP contribution in [0.3, 0.4) is 0 Å². The molecule has 0 atom stereocenters. The Hall–Kier alpha value is -2.54. The van der Waals surface area contributed by atoms with Crippen LogP contribution in [0.2, 0.25) is 0 Å². The van der Waals surface area contributed by atoms with E-state index in [9.17, 15) is 13.2 Å². The summed E-state index contributed by atoms with van der Waals surface area (Å²) in [6, 6.07) is 12.5. The van der Waals surface area contributed by atoms with Gasteiger partial charge in [-0.15, -0.1) is 0 Å². The van der Waals surface area contributed by atoms with Crippen LogP contribution in [0.25, 0.3) is 0 Å². The summed E-state index contributed by atoms with van der Waals surface area (Å²) in [5, 5.41) is 2.82. The molecule has 0 unspecified atom stereocenters. The van der Waals surface area contributed by atoms with Gasteiger partial charge in [0, 0.05) is 17.8 Å². The molecule has 25 heavy (non-hydrogen) atoms. The number of sulfonamides is 1. The molecule has 0 radical (unpaired) electrons. The van der Waals surface area contributed by atoms with Crippen molar-refractivity contribution >= 4 is 33.0 Å². The van der Waals surface area contributed by atoms with Crippen LogP contribution in [-0.2, 0) is 21.2 Å². The van der Waals surface area contributed by atoms with E-state index in [0.717, 1.165) is 11.1 Å². The first-order chi connectivity index (χ1) is 11.8. The van der Waals surface area contributed by atoms with Crippen molar-refractivity contribution in [3.63, 3.8) is 0 Å². The smallest absolute Gasteiger partial charge is 0.232 e. The number of hydrogen-bond acceptors (Lipinski definition) is 4. The van der Waals surface area contributed by atoms with Crippen LogP contribution in [-0.4, -0.2) is 20.1 Å². The van der Waals surface area contributed by atoms with Crippen LogP contribution in [0.4, 0.5) is 17.1 Å². The molecule has 0 aliphatic rings. The summed E-state index contributed by atoms with van der Waals surface area (Å²) in [5.41, 5.74) is 9.37. The minimum atomic E-state index is -3.32. The maximum Gasteiger partial charge on any atom is 0.232 e. The van der Waals surface area contributed by atoms with Gasteiger partial charge in [-0.25, -0.2) is 8.42 Å². The van der Waals surface area contributed by atoms with Crippen molar-refractivity contribution in [1.29, 1.82) is 0 Å². The van der Waals surface area contributed by atoms with Crippen molar-refractivity contribution in [3.05, 3.63) is 53.6 Å². The summed E-state index contributed by atoms with van der Waals surface area (Å²) in [5.74, 6) is -0.113. The molecule has 0 saturated heterocycles. The van der Waals surface area contributed by atoms with Gasteiger partial charge in [-0.2, -0.15) is 0 Å². The Bertz CT molecular complexity index is 864. The molecule has 0 spiro atoms. The lowest BCUT2D eigenvalue weighted by atomic mass is 10.1. The highest BCUT2D eigenvalue weighted by Gasteiger charge is 2.10. The van der Waals surface area contributed by atoms with Crippen LogP contribution >= 0.6 is 0 Å². The van der Waals surface area contributed by atoms with Gasteiger partial charge < -0.3 is 11.1 Å². The molecule has 0 aromatic heterocycles. The Morgan fingerprint density at radius 2 is 1.88 bits per heavy atom. The number of nitrogens with two attached hydrogens (primary N) is 1. The van der Waals surface area contributed by atoms with Crippen molar-refractivity contribution in [1.82, 2.24) is 0 Å². The van der Waals surface area contributed by atoms with Crippen molar-refractivity contribution < 1.29 is 13.2 Å². The lowest BCUT2D eigenvalue weighted by Crippen LogP contribution is -2.16. The zero-order chi connectivity index (χ0) is 18.4. The van der Waals surface area contributed by atoms with Gasteiger partial charge in [0.05, 0.1) is 11.4 Å². The molecule has 2 aromatic rings. The number of rotatable bonds is 7. The fraction of sp³-hybridized carbons (Fsp3) is 0.278. The van der Waals surface area contributed by atoms with Gasteiger partial charge in [0.2, 0.25) is 15.9 Å². The Balaban J connectivity index is 1.97. The third-order valence-corrected chi connectivity index (χ3v) is 5.12. The normalized spacial score (nSPS) is 11.1. The first-order valence-corrected chi connectivity index (χ1v) is 9.70. The second-order valence-corrected chi connectivity index (χ2v) is 7.79. The van der Waals surface area contributed by atoms with Gasteiger partial charge in [0.25, 0.3) is 0 Å². The number of amides is 1. The molecule has 134 valence electrons. The standard InChI is InChI=1S/C18H23N3O3S/c1-3-25(23,24)21-17-10-9-15(12-13(17)2)20-18(22)11-8-14-6-4-5-7-16(14)19/h4-7,9-10,12,21H,3,8,11,19H2,1-2H3,(H,20,22). The maximum absolute atomic E-state index is 12.1. The highest BCUT2D eigenvalue weighted by atomic mass is 32.2. The van der Waals surface area contributed by atoms with E-state index in [1.54, 1.807) is 32.0 Å². The van der Waals surface area contributed by atoms with E-state index in [1.807, 2.05) is 24.3 Å². The fourth-order valence-corrected chi connectivity index (χ4v) is 3.04. The van der Waals surface area contributed by atoms with Gasteiger partial charge in [-0.05, 0) is 55.7 Å². The van der Waals surface area contributed by atoms with E-state index in [1.165, 1.54) is 0 Å². The molecule has 0 heterocycles. The molecule has 4 N–H and O–H groups in total. The van der Waals surface area contributed by atoms with Crippen molar-refractivity contribution in [2.24, 2.45) is 0 Å². The summed E-state index contributed by atoms with van der Waals surface area (Å²) < 4.78 is 25.8. The number of carbonyl (C=O) groups is 1. The largest absolute Gasteiger partial charge is 0.399 e. The molecule has 0 saturated carbocycles. The molecular weight excluding hydrogens is 338 g/mol. The Morgan fingerprint density at radius 3 is 2.52 bits per heavy atom. The predicted molar refractivity (Wildman–Crippen MR) is 102 cm³/mol. The van der Waals surface area contributed by atoms with E-state index < -0.39 is 10.0 Å². The monoisotopic (exact) mass is 361 g/mol. The third kappa shape index (κ3) is 5.49. The molecule has 6 nitrogen and oxygen atoms in total. The fourth-order valence-electron chi connectivity index (χ4n) is 2.33. The number of para-hydroxylation sites is 1. The number of nitrogen functional groups attached to an aromatic ring is 1. The molecule has 0 fully saturated rings. The van der Waals surface area contributed by atoms with Crippen molar-refractivity contribution in [3.8, 4) is 0 Å². The highest BCUT2D eigenvalue weighted by Crippen LogP contribution is 2.21. The minimum absolute atomic E-state index is 0.00748. The predicted octanol–water partition coefficient (Wildman–Crippen LogP) is 2.91. The summed E-state index contributed by atoms with van der Waals surface area (Å²) in [7, 11) is -3.32. The SMILES string of the molecule is CCS(=O)(=O)Nc1ccc(NC(=O)CCc2ccccc2N)cc1C. The zero-order valence-electron chi connectivity index (χ0n) is 14.4. The summed E-state index contributed by atoms with van der Waals surface area (Å²) in [6.07, 6.45) is 0.878.